The number of nitro groups is 1. The molecule has 2 amide bonds. The third-order valence-electron chi connectivity index (χ3n) is 5.24. The summed E-state index contributed by atoms with van der Waals surface area (Å²) in [5, 5.41) is 21.8. The lowest BCUT2D eigenvalue weighted by molar-refractivity contribution is -0.384. The molecular formula is C21H25N5O6S. The average molecular weight is 476 g/mol. The van der Waals surface area contributed by atoms with Crippen LogP contribution >= 0.6 is 0 Å². The molecule has 2 aromatic rings. The highest BCUT2D eigenvalue weighted by molar-refractivity contribution is 7.89. The Kier molecular flexibility index (Phi) is 7.61. The fraction of sp³-hybridized carbons (Fsp3) is 0.333. The van der Waals surface area contributed by atoms with Crippen LogP contribution in [0.5, 0.6) is 0 Å². The zero-order chi connectivity index (χ0) is 24.0. The van der Waals surface area contributed by atoms with Crippen molar-refractivity contribution in [1.82, 2.24) is 4.90 Å². The number of sulfonamides is 1. The monoisotopic (exact) mass is 475 g/mol. The Balaban J connectivity index is 1.63. The Morgan fingerprint density at radius 2 is 1.76 bits per heavy atom. The van der Waals surface area contributed by atoms with Gasteiger partial charge in [-0.2, -0.15) is 0 Å². The maximum Gasteiger partial charge on any atom is 0.293 e. The van der Waals surface area contributed by atoms with Crippen LogP contribution in [0.4, 0.5) is 17.1 Å². The molecule has 0 spiro atoms. The molecule has 1 saturated heterocycles. The van der Waals surface area contributed by atoms with E-state index < -0.39 is 20.6 Å². The third-order valence-corrected chi connectivity index (χ3v) is 6.15. The molecule has 0 saturated carbocycles. The number of benzene rings is 2. The Labute approximate surface area is 191 Å². The number of likely N-dealkylation sites (tertiary alicyclic amines) is 1. The van der Waals surface area contributed by atoms with Crippen molar-refractivity contribution in [2.75, 3.05) is 30.3 Å². The average Bonchev–Trinajstić information content (AvgIpc) is 2.79. The minimum atomic E-state index is -4.09. The summed E-state index contributed by atoms with van der Waals surface area (Å²) in [6.07, 6.45) is 2.96. The normalized spacial score (nSPS) is 13.9. The number of piperidine rings is 1. The predicted molar refractivity (Wildman–Crippen MR) is 122 cm³/mol. The van der Waals surface area contributed by atoms with Crippen LogP contribution in [0.1, 0.15) is 36.0 Å². The van der Waals surface area contributed by atoms with Crippen molar-refractivity contribution in [3.05, 3.63) is 58.1 Å². The van der Waals surface area contributed by atoms with Gasteiger partial charge in [0, 0.05) is 32.1 Å². The number of hydrogen-bond donors (Lipinski definition) is 3. The molecule has 2 aromatic carbocycles. The Morgan fingerprint density at radius 1 is 1.06 bits per heavy atom. The van der Waals surface area contributed by atoms with Crippen LogP contribution in [0.3, 0.4) is 0 Å². The van der Waals surface area contributed by atoms with Crippen LogP contribution < -0.4 is 15.8 Å². The molecule has 0 unspecified atom stereocenters. The van der Waals surface area contributed by atoms with E-state index in [0.29, 0.717) is 24.3 Å². The van der Waals surface area contributed by atoms with Crippen LogP contribution in [-0.2, 0) is 14.8 Å². The minimum absolute atomic E-state index is 0.0413. The van der Waals surface area contributed by atoms with Gasteiger partial charge in [-0.05, 0) is 43.5 Å². The van der Waals surface area contributed by atoms with Crippen LogP contribution in [0.25, 0.3) is 0 Å². The van der Waals surface area contributed by atoms with Gasteiger partial charge < -0.3 is 15.5 Å². The molecular weight excluding hydrogens is 450 g/mol. The highest BCUT2D eigenvalue weighted by Crippen LogP contribution is 2.27. The number of nitrogens with two attached hydrogens (primary N) is 1. The first-order valence-corrected chi connectivity index (χ1v) is 11.9. The van der Waals surface area contributed by atoms with Crippen molar-refractivity contribution in [2.24, 2.45) is 5.14 Å². The standard InChI is InChI=1S/C21H25N5O6S/c22-33(31,32)15-8-9-18(19(14-15)26(29)30)23-11-10-20(27)24-17-7-3-2-6-16(17)21(28)25-12-4-1-5-13-25/h2-3,6-9,14,23H,1,4-5,10-13H2,(H,24,27)(H2,22,31,32). The smallest absolute Gasteiger partial charge is 0.293 e. The highest BCUT2D eigenvalue weighted by Gasteiger charge is 2.22. The number of rotatable bonds is 8. The van der Waals surface area contributed by atoms with Gasteiger partial charge in [0.1, 0.15) is 5.69 Å². The fourth-order valence-corrected chi connectivity index (χ4v) is 4.09. The predicted octanol–water partition coefficient (Wildman–Crippen LogP) is 2.31. The molecule has 11 nitrogen and oxygen atoms in total. The maximum absolute atomic E-state index is 12.8. The summed E-state index contributed by atoms with van der Waals surface area (Å²) in [7, 11) is -4.09. The summed E-state index contributed by atoms with van der Waals surface area (Å²) in [6.45, 7) is 1.42. The van der Waals surface area contributed by atoms with Gasteiger partial charge in [0.2, 0.25) is 15.9 Å². The van der Waals surface area contributed by atoms with E-state index in [1.54, 1.807) is 29.2 Å². The first kappa shape index (κ1) is 24.1. The van der Waals surface area contributed by atoms with Crippen molar-refractivity contribution >= 4 is 38.9 Å². The lowest BCUT2D eigenvalue weighted by Gasteiger charge is -2.27. The number of carbonyl (C=O) groups excluding carboxylic acids is 2. The number of hydrogen-bond acceptors (Lipinski definition) is 7. The molecule has 1 aliphatic heterocycles. The van der Waals surface area contributed by atoms with Crippen molar-refractivity contribution in [2.45, 2.75) is 30.6 Å². The molecule has 33 heavy (non-hydrogen) atoms. The number of nitrogens with one attached hydrogen (secondary N) is 2. The van der Waals surface area contributed by atoms with Gasteiger partial charge in [0.15, 0.2) is 0 Å². The Morgan fingerprint density at radius 3 is 2.42 bits per heavy atom. The van der Waals surface area contributed by atoms with E-state index in [1.807, 2.05) is 0 Å². The molecule has 4 N–H and O–H groups in total. The second kappa shape index (κ2) is 10.4. The molecule has 0 atom stereocenters. The van der Waals surface area contributed by atoms with Crippen molar-refractivity contribution in [3.63, 3.8) is 0 Å². The SMILES string of the molecule is NS(=O)(=O)c1ccc(NCCC(=O)Nc2ccccc2C(=O)N2CCCCC2)c([N+](=O)[O-])c1. The summed E-state index contributed by atoms with van der Waals surface area (Å²) in [5.41, 5.74) is 0.400. The van der Waals surface area contributed by atoms with E-state index >= 15 is 0 Å². The van der Waals surface area contributed by atoms with Crippen LogP contribution in [0, 0.1) is 10.1 Å². The van der Waals surface area contributed by atoms with E-state index in [2.05, 4.69) is 10.6 Å². The van der Waals surface area contributed by atoms with Crippen molar-refractivity contribution in [1.29, 1.82) is 0 Å². The van der Waals surface area contributed by atoms with Gasteiger partial charge >= 0.3 is 0 Å². The second-order valence-corrected chi connectivity index (χ2v) is 9.17. The van der Waals surface area contributed by atoms with E-state index in [9.17, 15) is 28.1 Å². The van der Waals surface area contributed by atoms with Crippen molar-refractivity contribution in [3.8, 4) is 0 Å². The summed E-state index contributed by atoms with van der Waals surface area (Å²) in [6, 6.07) is 10.0. The van der Waals surface area contributed by atoms with Crippen LogP contribution in [0.2, 0.25) is 0 Å². The van der Waals surface area contributed by atoms with Gasteiger partial charge in [0.05, 0.1) is 21.1 Å². The molecule has 0 aliphatic carbocycles. The zero-order valence-corrected chi connectivity index (χ0v) is 18.6. The number of nitro benzene ring substituents is 1. The van der Waals surface area contributed by atoms with Crippen LogP contribution in [0.15, 0.2) is 47.4 Å². The first-order valence-electron chi connectivity index (χ1n) is 10.4. The maximum atomic E-state index is 12.8. The van der Waals surface area contributed by atoms with E-state index in [-0.39, 0.29) is 35.4 Å². The summed E-state index contributed by atoms with van der Waals surface area (Å²) in [5.74, 6) is -0.514. The largest absolute Gasteiger partial charge is 0.379 e. The number of amides is 2. The van der Waals surface area contributed by atoms with Gasteiger partial charge in [-0.15, -0.1) is 0 Å². The molecule has 3 rings (SSSR count). The molecule has 1 fully saturated rings. The number of para-hydroxylation sites is 1. The molecule has 1 heterocycles. The van der Waals surface area contributed by atoms with Gasteiger partial charge in [-0.3, -0.25) is 19.7 Å². The molecule has 0 radical (unpaired) electrons. The summed E-state index contributed by atoms with van der Waals surface area (Å²) >= 11 is 0. The first-order chi connectivity index (χ1) is 15.7. The Hall–Kier alpha value is -3.51. The molecule has 12 heteroatoms. The number of primary sulfonamides is 1. The molecule has 0 aromatic heterocycles. The van der Waals surface area contributed by atoms with Gasteiger partial charge in [-0.25, -0.2) is 13.6 Å². The summed E-state index contributed by atoms with van der Waals surface area (Å²) < 4.78 is 22.9. The summed E-state index contributed by atoms with van der Waals surface area (Å²) in [4.78, 5) is 37.2. The van der Waals surface area contributed by atoms with E-state index in [4.69, 9.17) is 5.14 Å². The molecule has 176 valence electrons. The Bertz CT molecular complexity index is 1160. The fourth-order valence-electron chi connectivity index (χ4n) is 3.56. The lowest BCUT2D eigenvalue weighted by atomic mass is 10.1. The number of carbonyl (C=O) groups is 2. The van der Waals surface area contributed by atoms with E-state index in [1.165, 1.54) is 6.07 Å². The number of nitrogens with zero attached hydrogens (tertiary/aromatic N) is 2. The second-order valence-electron chi connectivity index (χ2n) is 7.60. The molecule has 0 bridgehead atoms. The molecule has 1 aliphatic rings. The highest BCUT2D eigenvalue weighted by atomic mass is 32.2. The van der Waals surface area contributed by atoms with Gasteiger partial charge in [0.25, 0.3) is 11.6 Å². The van der Waals surface area contributed by atoms with Gasteiger partial charge in [-0.1, -0.05) is 12.1 Å². The number of anilines is 2. The van der Waals surface area contributed by atoms with E-state index in [0.717, 1.165) is 31.4 Å². The van der Waals surface area contributed by atoms with Crippen LogP contribution in [-0.4, -0.2) is 49.7 Å². The zero-order valence-electron chi connectivity index (χ0n) is 17.8. The topological polar surface area (TPSA) is 165 Å². The lowest BCUT2D eigenvalue weighted by Crippen LogP contribution is -2.36. The van der Waals surface area contributed by atoms with Crippen molar-refractivity contribution < 1.29 is 22.9 Å². The quantitative estimate of drug-likeness (QED) is 0.389. The third kappa shape index (κ3) is 6.26. The minimum Gasteiger partial charge on any atom is -0.379 e.